The lowest BCUT2D eigenvalue weighted by Gasteiger charge is -2.35. The highest BCUT2D eigenvalue weighted by Gasteiger charge is 2.34. The maximum atomic E-state index is 13.7. The fourth-order valence-corrected chi connectivity index (χ4v) is 7.37. The number of piperazine rings is 1. The summed E-state index contributed by atoms with van der Waals surface area (Å²) in [6.07, 6.45) is 0. The predicted octanol–water partition coefficient (Wildman–Crippen LogP) is 5.40. The summed E-state index contributed by atoms with van der Waals surface area (Å²) in [7, 11) is -2.19. The lowest BCUT2D eigenvalue weighted by atomic mass is 9.95. The van der Waals surface area contributed by atoms with Gasteiger partial charge in [0.25, 0.3) is 11.8 Å². The van der Waals surface area contributed by atoms with Crippen molar-refractivity contribution in [2.45, 2.75) is 39.5 Å². The molecule has 0 unspecified atom stereocenters. The first-order valence-corrected chi connectivity index (χ1v) is 15.2. The number of carbonyl (C=O) groups is 2. The molecule has 0 spiro atoms. The Morgan fingerprint density at radius 1 is 0.825 bits per heavy atom. The van der Waals surface area contributed by atoms with Gasteiger partial charge >= 0.3 is 0 Å². The molecular formula is C30H34BrN3O5S. The molecule has 40 heavy (non-hydrogen) atoms. The molecule has 1 aliphatic heterocycles. The highest BCUT2D eigenvalue weighted by atomic mass is 79.9. The molecule has 4 rings (SSSR count). The number of benzene rings is 3. The summed E-state index contributed by atoms with van der Waals surface area (Å²) in [4.78, 5) is 28.5. The highest BCUT2D eigenvalue weighted by molar-refractivity contribution is 9.10. The average molecular weight is 629 g/mol. The number of carbonyl (C=O) groups excluding carboxylic acids is 2. The van der Waals surface area contributed by atoms with Crippen LogP contribution in [0.3, 0.4) is 0 Å². The van der Waals surface area contributed by atoms with E-state index in [0.29, 0.717) is 31.9 Å². The minimum absolute atomic E-state index is 0.184. The van der Waals surface area contributed by atoms with Crippen LogP contribution in [0, 0.1) is 34.6 Å². The van der Waals surface area contributed by atoms with Crippen molar-refractivity contribution < 1.29 is 22.7 Å². The van der Waals surface area contributed by atoms with E-state index in [1.54, 1.807) is 54.5 Å². The fourth-order valence-electron chi connectivity index (χ4n) is 5.03. The second-order valence-electron chi connectivity index (χ2n) is 10.0. The standard InChI is InChI=1S/C30H34BrN3O5S/c1-18-19(2)21(4)28(22(5)20(18)3)40(37,38)34-15-13-33(14-16-34)30(36)26-12-9-24(31)17-27(26)32-29(35)23-7-10-25(39-6)11-8-23/h7-12,17H,13-16H2,1-6H3,(H,32,35). The van der Waals surface area contributed by atoms with E-state index in [0.717, 1.165) is 27.8 Å². The van der Waals surface area contributed by atoms with Crippen molar-refractivity contribution in [3.05, 3.63) is 85.9 Å². The van der Waals surface area contributed by atoms with Gasteiger partial charge in [0.05, 0.1) is 23.3 Å². The van der Waals surface area contributed by atoms with Gasteiger partial charge in [0, 0.05) is 36.2 Å². The van der Waals surface area contributed by atoms with Crippen LogP contribution >= 0.6 is 15.9 Å². The molecular weight excluding hydrogens is 594 g/mol. The van der Waals surface area contributed by atoms with E-state index < -0.39 is 10.0 Å². The average Bonchev–Trinajstić information content (AvgIpc) is 2.95. The number of anilines is 1. The van der Waals surface area contributed by atoms with Gasteiger partial charge in [-0.3, -0.25) is 9.59 Å². The molecule has 0 bridgehead atoms. The van der Waals surface area contributed by atoms with Crippen LogP contribution in [0.25, 0.3) is 0 Å². The number of halogens is 1. The number of nitrogens with zero attached hydrogens (tertiary/aromatic N) is 2. The van der Waals surface area contributed by atoms with Crippen molar-refractivity contribution in [1.82, 2.24) is 9.21 Å². The summed E-state index contributed by atoms with van der Waals surface area (Å²) in [6.45, 7) is 10.5. The summed E-state index contributed by atoms with van der Waals surface area (Å²) < 4.78 is 34.8. The molecule has 1 aliphatic rings. The van der Waals surface area contributed by atoms with Gasteiger partial charge in [0.15, 0.2) is 0 Å². The summed E-state index contributed by atoms with van der Waals surface area (Å²) in [5, 5.41) is 2.84. The minimum atomic E-state index is -3.74. The number of rotatable bonds is 6. The molecule has 0 aliphatic carbocycles. The third kappa shape index (κ3) is 5.66. The van der Waals surface area contributed by atoms with Crippen LogP contribution in [0.2, 0.25) is 0 Å². The topological polar surface area (TPSA) is 96.0 Å². The van der Waals surface area contributed by atoms with Crippen LogP contribution in [0.1, 0.15) is 48.5 Å². The Bertz CT molecular complexity index is 1550. The number of methoxy groups -OCH3 is 1. The monoisotopic (exact) mass is 627 g/mol. The molecule has 8 nitrogen and oxygen atoms in total. The molecule has 1 fully saturated rings. The Morgan fingerprint density at radius 2 is 1.38 bits per heavy atom. The lowest BCUT2D eigenvalue weighted by Crippen LogP contribution is -2.50. The van der Waals surface area contributed by atoms with Gasteiger partial charge in [-0.1, -0.05) is 15.9 Å². The molecule has 0 aromatic heterocycles. The number of sulfonamides is 1. The molecule has 0 saturated carbocycles. The Morgan fingerprint density at radius 3 is 1.93 bits per heavy atom. The molecule has 2 amide bonds. The fraction of sp³-hybridized carbons (Fsp3) is 0.333. The van der Waals surface area contributed by atoms with Gasteiger partial charge < -0.3 is 15.0 Å². The normalized spacial score (nSPS) is 14.2. The quantitative estimate of drug-likeness (QED) is 0.395. The second kappa shape index (κ2) is 11.7. The van der Waals surface area contributed by atoms with Crippen molar-refractivity contribution in [3.8, 4) is 5.75 Å². The molecule has 1 heterocycles. The number of ether oxygens (including phenoxy) is 1. The Balaban J connectivity index is 1.52. The number of nitrogens with one attached hydrogen (secondary N) is 1. The summed E-state index contributed by atoms with van der Waals surface area (Å²) >= 11 is 3.42. The largest absolute Gasteiger partial charge is 0.497 e. The van der Waals surface area contributed by atoms with Crippen molar-refractivity contribution >= 4 is 43.5 Å². The molecule has 10 heteroatoms. The van der Waals surface area contributed by atoms with Gasteiger partial charge in [-0.25, -0.2) is 8.42 Å². The zero-order valence-corrected chi connectivity index (χ0v) is 26.0. The minimum Gasteiger partial charge on any atom is -0.497 e. The SMILES string of the molecule is COc1ccc(C(=O)Nc2cc(Br)ccc2C(=O)N2CCN(S(=O)(=O)c3c(C)c(C)c(C)c(C)c3C)CC2)cc1. The van der Waals surface area contributed by atoms with Gasteiger partial charge in [0.1, 0.15) is 5.75 Å². The van der Waals surface area contributed by atoms with Crippen LogP contribution in [0.15, 0.2) is 51.8 Å². The first-order chi connectivity index (χ1) is 18.9. The number of hydrogen-bond acceptors (Lipinski definition) is 5. The van der Waals surface area contributed by atoms with Gasteiger partial charge in [0.2, 0.25) is 10.0 Å². The van der Waals surface area contributed by atoms with Crippen LogP contribution in [-0.2, 0) is 10.0 Å². The zero-order valence-electron chi connectivity index (χ0n) is 23.6. The lowest BCUT2D eigenvalue weighted by molar-refractivity contribution is 0.0699. The molecule has 0 atom stereocenters. The maximum Gasteiger partial charge on any atom is 0.256 e. The van der Waals surface area contributed by atoms with E-state index in [2.05, 4.69) is 21.2 Å². The second-order valence-corrected chi connectivity index (χ2v) is 12.8. The first-order valence-electron chi connectivity index (χ1n) is 13.0. The summed E-state index contributed by atoms with van der Waals surface area (Å²) in [6, 6.07) is 11.8. The van der Waals surface area contributed by atoms with Gasteiger partial charge in [-0.15, -0.1) is 0 Å². The number of hydrogen-bond donors (Lipinski definition) is 1. The summed E-state index contributed by atoms with van der Waals surface area (Å²) in [5.41, 5.74) is 5.73. The molecule has 1 saturated heterocycles. The molecule has 3 aromatic rings. The first kappa shape index (κ1) is 29.8. The van der Waals surface area contributed by atoms with Crippen molar-refractivity contribution in [1.29, 1.82) is 0 Å². The van der Waals surface area contributed by atoms with Gasteiger partial charge in [-0.2, -0.15) is 4.31 Å². The highest BCUT2D eigenvalue weighted by Crippen LogP contribution is 2.32. The van der Waals surface area contributed by atoms with Crippen LogP contribution < -0.4 is 10.1 Å². The van der Waals surface area contributed by atoms with E-state index in [-0.39, 0.29) is 38.0 Å². The van der Waals surface area contributed by atoms with Crippen LogP contribution in [0.5, 0.6) is 5.75 Å². The Labute approximate surface area is 244 Å². The Hall–Kier alpha value is -3.21. The van der Waals surface area contributed by atoms with Crippen molar-refractivity contribution in [3.63, 3.8) is 0 Å². The van der Waals surface area contributed by atoms with E-state index >= 15 is 0 Å². The van der Waals surface area contributed by atoms with Crippen LogP contribution in [-0.4, -0.2) is 62.7 Å². The molecule has 212 valence electrons. The van der Waals surface area contributed by atoms with Gasteiger partial charge in [-0.05, 0) is 105 Å². The molecule has 1 N–H and O–H groups in total. The van der Waals surface area contributed by atoms with E-state index in [4.69, 9.17) is 4.74 Å². The molecule has 0 radical (unpaired) electrons. The zero-order chi connectivity index (χ0) is 29.4. The Kier molecular flexibility index (Phi) is 8.72. The predicted molar refractivity (Wildman–Crippen MR) is 160 cm³/mol. The van der Waals surface area contributed by atoms with E-state index in [1.807, 2.05) is 34.6 Å². The third-order valence-electron chi connectivity index (χ3n) is 7.87. The number of amides is 2. The van der Waals surface area contributed by atoms with Crippen LogP contribution in [0.4, 0.5) is 5.69 Å². The smallest absolute Gasteiger partial charge is 0.256 e. The summed E-state index contributed by atoms with van der Waals surface area (Å²) in [5.74, 6) is -0.00176. The van der Waals surface area contributed by atoms with Crippen molar-refractivity contribution in [2.24, 2.45) is 0 Å². The maximum absolute atomic E-state index is 13.7. The van der Waals surface area contributed by atoms with Crippen molar-refractivity contribution in [2.75, 3.05) is 38.6 Å². The van der Waals surface area contributed by atoms with E-state index in [9.17, 15) is 18.0 Å². The van der Waals surface area contributed by atoms with E-state index in [1.165, 1.54) is 4.31 Å². The third-order valence-corrected chi connectivity index (χ3v) is 10.5. The molecule has 3 aromatic carbocycles.